The lowest BCUT2D eigenvalue weighted by atomic mass is 9.96. The van der Waals surface area contributed by atoms with Gasteiger partial charge in [0.1, 0.15) is 17.0 Å². The van der Waals surface area contributed by atoms with Gasteiger partial charge in [-0.3, -0.25) is 9.59 Å². The quantitative estimate of drug-likeness (QED) is 0.585. The van der Waals surface area contributed by atoms with E-state index in [1.807, 2.05) is 0 Å². The number of benzene rings is 1. The Balaban J connectivity index is 2.35. The third-order valence-corrected chi connectivity index (χ3v) is 3.52. The second-order valence-corrected chi connectivity index (χ2v) is 8.35. The predicted molar refractivity (Wildman–Crippen MR) is 95.5 cm³/mol. The number of hydrogen-bond acceptors (Lipinski definition) is 6. The second-order valence-electron chi connectivity index (χ2n) is 8.35. The van der Waals surface area contributed by atoms with E-state index in [1.165, 1.54) is 12.1 Å². The van der Waals surface area contributed by atoms with Crippen LogP contribution in [0.5, 0.6) is 0 Å². The monoisotopic (exact) mass is 382 g/mol. The summed E-state index contributed by atoms with van der Waals surface area (Å²) in [5, 5.41) is 0. The molecule has 1 aliphatic rings. The molecule has 1 saturated heterocycles. The lowest BCUT2D eigenvalue weighted by Gasteiger charge is -2.26. The first kappa shape index (κ1) is 21.3. The van der Waals surface area contributed by atoms with Gasteiger partial charge in [-0.2, -0.15) is 0 Å². The van der Waals surface area contributed by atoms with Crippen LogP contribution in [0.2, 0.25) is 0 Å². The molecule has 2 rings (SSSR count). The number of ether oxygens (including phenoxy) is 4. The summed E-state index contributed by atoms with van der Waals surface area (Å²) in [6.45, 7) is 10.9. The molecular formula is C20H27FO6. The first-order valence-corrected chi connectivity index (χ1v) is 8.86. The normalized spacial score (nSPS) is 15.9. The fourth-order valence-electron chi connectivity index (χ4n) is 2.54. The van der Waals surface area contributed by atoms with E-state index in [-0.39, 0.29) is 11.1 Å². The molecule has 1 aromatic rings. The molecule has 1 aliphatic heterocycles. The van der Waals surface area contributed by atoms with E-state index in [4.69, 9.17) is 18.9 Å². The van der Waals surface area contributed by atoms with Gasteiger partial charge in [0.15, 0.2) is 12.2 Å². The highest BCUT2D eigenvalue weighted by molar-refractivity contribution is 6.01. The molecule has 27 heavy (non-hydrogen) atoms. The minimum atomic E-state index is -1.39. The largest absolute Gasteiger partial charge is 0.459 e. The fourth-order valence-corrected chi connectivity index (χ4v) is 2.54. The average Bonchev–Trinajstić information content (AvgIpc) is 2.97. The summed E-state index contributed by atoms with van der Waals surface area (Å²) in [4.78, 5) is 25.3. The van der Waals surface area contributed by atoms with Crippen LogP contribution in [0.15, 0.2) is 18.2 Å². The standard InChI is InChI=1S/C20H27FO6/c1-19(2,3)26-16(22)15(17(23)27-20(4,5)6)12-7-8-13(14(21)11-12)18-24-9-10-25-18/h7-8,11,15,18H,9-10H2,1-6H3. The van der Waals surface area contributed by atoms with Crippen LogP contribution in [-0.2, 0) is 28.5 Å². The Morgan fingerprint density at radius 3 is 1.89 bits per heavy atom. The van der Waals surface area contributed by atoms with E-state index >= 15 is 0 Å². The fraction of sp³-hybridized carbons (Fsp3) is 0.600. The van der Waals surface area contributed by atoms with Crippen molar-refractivity contribution < 1.29 is 32.9 Å². The lowest BCUT2D eigenvalue weighted by Crippen LogP contribution is -2.35. The predicted octanol–water partition coefficient (Wildman–Crippen LogP) is 3.64. The summed E-state index contributed by atoms with van der Waals surface area (Å²) in [5.41, 5.74) is -1.25. The van der Waals surface area contributed by atoms with Gasteiger partial charge in [0.05, 0.1) is 13.2 Å². The number of carbonyl (C=O) groups excluding carboxylic acids is 2. The van der Waals surface area contributed by atoms with Crippen molar-refractivity contribution in [2.24, 2.45) is 0 Å². The Labute approximate surface area is 158 Å². The summed E-state index contributed by atoms with van der Waals surface area (Å²) in [7, 11) is 0. The summed E-state index contributed by atoms with van der Waals surface area (Å²) in [5.74, 6) is -3.61. The molecule has 0 bridgehead atoms. The maximum Gasteiger partial charge on any atom is 0.325 e. The van der Waals surface area contributed by atoms with Gasteiger partial charge in [-0.25, -0.2) is 4.39 Å². The smallest absolute Gasteiger partial charge is 0.325 e. The molecule has 150 valence electrons. The molecule has 0 saturated carbocycles. The van der Waals surface area contributed by atoms with Crippen LogP contribution in [0.1, 0.15) is 64.9 Å². The first-order valence-electron chi connectivity index (χ1n) is 8.86. The zero-order valence-electron chi connectivity index (χ0n) is 16.6. The van der Waals surface area contributed by atoms with Crippen LogP contribution in [0.3, 0.4) is 0 Å². The van der Waals surface area contributed by atoms with Crippen LogP contribution in [0.4, 0.5) is 4.39 Å². The molecule has 0 unspecified atom stereocenters. The van der Waals surface area contributed by atoms with E-state index in [1.54, 1.807) is 41.5 Å². The molecule has 7 heteroatoms. The van der Waals surface area contributed by atoms with E-state index < -0.39 is 41.2 Å². The maximum absolute atomic E-state index is 14.6. The molecule has 1 aromatic carbocycles. The number of carbonyl (C=O) groups is 2. The van der Waals surface area contributed by atoms with Crippen molar-refractivity contribution in [3.63, 3.8) is 0 Å². The molecule has 6 nitrogen and oxygen atoms in total. The van der Waals surface area contributed by atoms with Gasteiger partial charge in [0.25, 0.3) is 0 Å². The molecular weight excluding hydrogens is 355 g/mol. The summed E-state index contributed by atoms with van der Waals surface area (Å²) in [6.07, 6.45) is -0.791. The highest BCUT2D eigenvalue weighted by Gasteiger charge is 2.37. The number of halogens is 1. The first-order chi connectivity index (χ1) is 12.4. The zero-order chi connectivity index (χ0) is 20.4. The van der Waals surface area contributed by atoms with Gasteiger partial charge in [-0.05, 0) is 53.2 Å². The van der Waals surface area contributed by atoms with Crippen molar-refractivity contribution in [2.75, 3.05) is 13.2 Å². The van der Waals surface area contributed by atoms with Crippen molar-refractivity contribution in [3.8, 4) is 0 Å². The Bertz CT molecular complexity index is 667. The number of esters is 2. The maximum atomic E-state index is 14.6. The lowest BCUT2D eigenvalue weighted by molar-refractivity contribution is -0.169. The average molecular weight is 382 g/mol. The molecule has 0 amide bonds. The molecule has 0 N–H and O–H groups in total. The summed E-state index contributed by atoms with van der Waals surface area (Å²) in [6, 6.07) is 4.06. The summed E-state index contributed by atoms with van der Waals surface area (Å²) >= 11 is 0. The van der Waals surface area contributed by atoms with Crippen molar-refractivity contribution in [3.05, 3.63) is 35.1 Å². The number of rotatable bonds is 4. The summed E-state index contributed by atoms with van der Waals surface area (Å²) < 4.78 is 35.9. The van der Waals surface area contributed by atoms with Gasteiger partial charge in [0.2, 0.25) is 0 Å². The van der Waals surface area contributed by atoms with Crippen molar-refractivity contribution in [2.45, 2.75) is 65.0 Å². The van der Waals surface area contributed by atoms with Gasteiger partial charge < -0.3 is 18.9 Å². The SMILES string of the molecule is CC(C)(C)OC(=O)C(C(=O)OC(C)(C)C)c1ccc(C2OCCO2)c(F)c1. The van der Waals surface area contributed by atoms with Gasteiger partial charge in [-0.15, -0.1) is 0 Å². The molecule has 1 fully saturated rings. The molecule has 0 radical (unpaired) electrons. The molecule has 1 heterocycles. The number of hydrogen-bond donors (Lipinski definition) is 0. The van der Waals surface area contributed by atoms with Gasteiger partial charge >= 0.3 is 11.9 Å². The minimum Gasteiger partial charge on any atom is -0.459 e. The Kier molecular flexibility index (Phi) is 6.27. The Morgan fingerprint density at radius 2 is 1.48 bits per heavy atom. The van der Waals surface area contributed by atoms with Crippen LogP contribution in [-0.4, -0.2) is 36.4 Å². The molecule has 0 spiro atoms. The Morgan fingerprint density at radius 1 is 1.00 bits per heavy atom. The van der Waals surface area contributed by atoms with Gasteiger partial charge in [-0.1, -0.05) is 12.1 Å². The minimum absolute atomic E-state index is 0.151. The van der Waals surface area contributed by atoms with E-state index in [9.17, 15) is 14.0 Å². The molecule has 0 aromatic heterocycles. The van der Waals surface area contributed by atoms with Crippen LogP contribution in [0.25, 0.3) is 0 Å². The molecule has 0 atom stereocenters. The van der Waals surface area contributed by atoms with Crippen LogP contribution in [0, 0.1) is 5.82 Å². The highest BCUT2D eigenvalue weighted by atomic mass is 19.1. The second kappa shape index (κ2) is 7.94. The Hall–Kier alpha value is -1.99. The third kappa shape index (κ3) is 6.01. The van der Waals surface area contributed by atoms with E-state index in [2.05, 4.69) is 0 Å². The van der Waals surface area contributed by atoms with Crippen molar-refractivity contribution in [1.82, 2.24) is 0 Å². The van der Waals surface area contributed by atoms with E-state index in [0.29, 0.717) is 13.2 Å². The van der Waals surface area contributed by atoms with Crippen LogP contribution >= 0.6 is 0 Å². The zero-order valence-corrected chi connectivity index (χ0v) is 16.6. The highest BCUT2D eigenvalue weighted by Crippen LogP contribution is 2.30. The molecule has 0 aliphatic carbocycles. The van der Waals surface area contributed by atoms with E-state index in [0.717, 1.165) is 6.07 Å². The topological polar surface area (TPSA) is 71.1 Å². The van der Waals surface area contributed by atoms with Crippen molar-refractivity contribution >= 4 is 11.9 Å². The van der Waals surface area contributed by atoms with Crippen LogP contribution < -0.4 is 0 Å². The third-order valence-electron chi connectivity index (χ3n) is 3.52. The van der Waals surface area contributed by atoms with Gasteiger partial charge in [0, 0.05) is 5.56 Å². The van der Waals surface area contributed by atoms with Crippen molar-refractivity contribution in [1.29, 1.82) is 0 Å².